The number of hydrogen-bond acceptors (Lipinski definition) is 4. The van der Waals surface area contributed by atoms with Crippen molar-refractivity contribution in [2.75, 3.05) is 60.0 Å². The van der Waals surface area contributed by atoms with E-state index in [1.165, 1.54) is 32.1 Å². The third kappa shape index (κ3) is 8.05. The smallest absolute Gasteiger partial charge is 0.243 e. The summed E-state index contributed by atoms with van der Waals surface area (Å²) in [5, 5.41) is 6.93. The van der Waals surface area contributed by atoms with E-state index in [1.807, 2.05) is 0 Å². The Morgan fingerprint density at radius 1 is 1.20 bits per heavy atom. The molecule has 1 heterocycles. The van der Waals surface area contributed by atoms with Crippen LogP contribution in [0.15, 0.2) is 4.99 Å². The number of nitrogens with one attached hydrogen (secondary N) is 2. The number of carbonyl (C=O) groups excluding carboxylic acids is 1. The number of nitrogens with zero attached hydrogens (tertiary/aromatic N) is 3. The molecule has 144 valence electrons. The summed E-state index contributed by atoms with van der Waals surface area (Å²) >= 11 is 0. The molecule has 7 heteroatoms. The van der Waals surface area contributed by atoms with Crippen LogP contribution in [-0.2, 0) is 9.53 Å². The van der Waals surface area contributed by atoms with Gasteiger partial charge in [-0.3, -0.25) is 9.69 Å². The molecule has 2 fully saturated rings. The number of likely N-dealkylation sites (N-methyl/N-ethyl adjacent to an activating group) is 1. The lowest BCUT2D eigenvalue weighted by Crippen LogP contribution is -2.45. The SMILES string of the molecule is CN(C)C(=O)CN=C(NCCCN1CCOCC1)NC1CCCCC1. The number of aliphatic imine (C=N–C) groups is 1. The van der Waals surface area contributed by atoms with E-state index in [-0.39, 0.29) is 12.5 Å². The molecule has 1 aliphatic carbocycles. The van der Waals surface area contributed by atoms with Gasteiger partial charge in [-0.15, -0.1) is 0 Å². The molecule has 25 heavy (non-hydrogen) atoms. The lowest BCUT2D eigenvalue weighted by molar-refractivity contribution is -0.127. The topological polar surface area (TPSA) is 69.2 Å². The Balaban J connectivity index is 1.75. The number of amides is 1. The van der Waals surface area contributed by atoms with Gasteiger partial charge in [0.25, 0.3) is 0 Å². The Labute approximate surface area is 152 Å². The zero-order valence-electron chi connectivity index (χ0n) is 15.9. The monoisotopic (exact) mass is 353 g/mol. The van der Waals surface area contributed by atoms with Crippen molar-refractivity contribution < 1.29 is 9.53 Å². The number of guanidine groups is 1. The number of morpholine rings is 1. The van der Waals surface area contributed by atoms with Crippen LogP contribution in [0.5, 0.6) is 0 Å². The molecule has 1 amide bonds. The fraction of sp³-hybridized carbons (Fsp3) is 0.889. The maximum atomic E-state index is 11.8. The van der Waals surface area contributed by atoms with Crippen molar-refractivity contribution in [1.29, 1.82) is 0 Å². The second-order valence-electron chi connectivity index (χ2n) is 7.17. The zero-order chi connectivity index (χ0) is 17.9. The normalized spacial score (nSPS) is 20.3. The molecular formula is C18H35N5O2. The lowest BCUT2D eigenvalue weighted by atomic mass is 9.96. The standard InChI is InChI=1S/C18H35N5O2/c1-22(2)17(24)15-20-18(21-16-7-4-3-5-8-16)19-9-6-10-23-11-13-25-14-12-23/h16H,3-15H2,1-2H3,(H2,19,20,21). The molecule has 0 radical (unpaired) electrons. The summed E-state index contributed by atoms with van der Waals surface area (Å²) in [6, 6.07) is 0.480. The minimum absolute atomic E-state index is 0.0260. The Morgan fingerprint density at radius 3 is 2.60 bits per heavy atom. The predicted molar refractivity (Wildman–Crippen MR) is 101 cm³/mol. The van der Waals surface area contributed by atoms with Gasteiger partial charge in [-0.1, -0.05) is 19.3 Å². The molecule has 2 aliphatic rings. The van der Waals surface area contributed by atoms with E-state index in [9.17, 15) is 4.79 Å². The van der Waals surface area contributed by atoms with Crippen molar-refractivity contribution in [3.8, 4) is 0 Å². The van der Waals surface area contributed by atoms with E-state index in [1.54, 1.807) is 19.0 Å². The summed E-state index contributed by atoms with van der Waals surface area (Å²) < 4.78 is 5.38. The number of ether oxygens (including phenoxy) is 1. The second kappa shape index (κ2) is 11.3. The Kier molecular flexibility index (Phi) is 9.04. The molecule has 1 aliphatic heterocycles. The van der Waals surface area contributed by atoms with Gasteiger partial charge in [0.15, 0.2) is 5.96 Å². The van der Waals surface area contributed by atoms with Crippen LogP contribution in [0.25, 0.3) is 0 Å². The maximum Gasteiger partial charge on any atom is 0.243 e. The van der Waals surface area contributed by atoms with Gasteiger partial charge in [-0.25, -0.2) is 4.99 Å². The maximum absolute atomic E-state index is 11.8. The van der Waals surface area contributed by atoms with Crippen LogP contribution >= 0.6 is 0 Å². The van der Waals surface area contributed by atoms with Gasteiger partial charge < -0.3 is 20.3 Å². The summed E-state index contributed by atoms with van der Waals surface area (Å²) in [6.45, 7) is 5.87. The molecule has 0 aromatic carbocycles. The van der Waals surface area contributed by atoms with Gasteiger partial charge in [0.05, 0.1) is 13.2 Å². The molecule has 2 rings (SSSR count). The van der Waals surface area contributed by atoms with E-state index in [4.69, 9.17) is 4.74 Å². The first-order chi connectivity index (χ1) is 12.1. The minimum Gasteiger partial charge on any atom is -0.379 e. The van der Waals surface area contributed by atoms with E-state index < -0.39 is 0 Å². The fourth-order valence-electron chi connectivity index (χ4n) is 3.22. The first-order valence-corrected chi connectivity index (χ1v) is 9.70. The van der Waals surface area contributed by atoms with Crippen molar-refractivity contribution in [1.82, 2.24) is 20.4 Å². The third-order valence-electron chi connectivity index (χ3n) is 4.86. The quantitative estimate of drug-likeness (QED) is 0.400. The molecule has 0 spiro atoms. The van der Waals surface area contributed by atoms with Crippen LogP contribution in [0.3, 0.4) is 0 Å². The van der Waals surface area contributed by atoms with Gasteiger partial charge in [0, 0.05) is 39.8 Å². The van der Waals surface area contributed by atoms with Crippen LogP contribution in [0.1, 0.15) is 38.5 Å². The average molecular weight is 354 g/mol. The fourth-order valence-corrected chi connectivity index (χ4v) is 3.22. The summed E-state index contributed by atoms with van der Waals surface area (Å²) in [5.41, 5.74) is 0. The van der Waals surface area contributed by atoms with E-state index in [0.717, 1.165) is 51.8 Å². The van der Waals surface area contributed by atoms with Crippen LogP contribution in [-0.4, -0.2) is 87.7 Å². The molecule has 0 atom stereocenters. The predicted octanol–water partition coefficient (Wildman–Crippen LogP) is 0.665. The summed E-state index contributed by atoms with van der Waals surface area (Å²) in [7, 11) is 3.53. The van der Waals surface area contributed by atoms with Crippen molar-refractivity contribution in [3.05, 3.63) is 0 Å². The molecule has 7 nitrogen and oxygen atoms in total. The van der Waals surface area contributed by atoms with Gasteiger partial charge in [-0.05, 0) is 25.8 Å². The van der Waals surface area contributed by atoms with E-state index >= 15 is 0 Å². The van der Waals surface area contributed by atoms with Crippen LogP contribution in [0.4, 0.5) is 0 Å². The minimum atomic E-state index is 0.0260. The molecule has 2 N–H and O–H groups in total. The van der Waals surface area contributed by atoms with Crippen LogP contribution in [0, 0.1) is 0 Å². The Morgan fingerprint density at radius 2 is 1.92 bits per heavy atom. The highest BCUT2D eigenvalue weighted by Gasteiger charge is 2.15. The van der Waals surface area contributed by atoms with Gasteiger partial charge in [0.2, 0.25) is 5.91 Å². The highest BCUT2D eigenvalue weighted by Crippen LogP contribution is 2.17. The second-order valence-corrected chi connectivity index (χ2v) is 7.17. The molecule has 0 aromatic heterocycles. The van der Waals surface area contributed by atoms with E-state index in [2.05, 4.69) is 20.5 Å². The largest absolute Gasteiger partial charge is 0.379 e. The summed E-state index contributed by atoms with van der Waals surface area (Å²) in [4.78, 5) is 20.3. The van der Waals surface area contributed by atoms with Gasteiger partial charge in [0.1, 0.15) is 6.54 Å². The number of rotatable bonds is 7. The van der Waals surface area contributed by atoms with Crippen LogP contribution in [0.2, 0.25) is 0 Å². The Bertz CT molecular complexity index is 416. The Hall–Kier alpha value is -1.34. The molecule has 1 saturated heterocycles. The first kappa shape index (κ1) is 20.0. The van der Waals surface area contributed by atoms with Crippen molar-refractivity contribution in [2.24, 2.45) is 4.99 Å². The van der Waals surface area contributed by atoms with Gasteiger partial charge in [-0.2, -0.15) is 0 Å². The highest BCUT2D eigenvalue weighted by molar-refractivity contribution is 5.84. The van der Waals surface area contributed by atoms with E-state index in [0.29, 0.717) is 6.04 Å². The van der Waals surface area contributed by atoms with Crippen molar-refractivity contribution in [3.63, 3.8) is 0 Å². The van der Waals surface area contributed by atoms with Gasteiger partial charge >= 0.3 is 0 Å². The molecule has 0 bridgehead atoms. The third-order valence-corrected chi connectivity index (χ3v) is 4.86. The zero-order valence-corrected chi connectivity index (χ0v) is 15.9. The number of carbonyl (C=O) groups is 1. The lowest BCUT2D eigenvalue weighted by Gasteiger charge is -2.27. The average Bonchev–Trinajstić information content (AvgIpc) is 2.64. The van der Waals surface area contributed by atoms with Crippen molar-refractivity contribution >= 4 is 11.9 Å². The molecule has 0 aromatic rings. The van der Waals surface area contributed by atoms with Crippen molar-refractivity contribution in [2.45, 2.75) is 44.6 Å². The molecular weight excluding hydrogens is 318 g/mol. The highest BCUT2D eigenvalue weighted by atomic mass is 16.5. The summed E-state index contributed by atoms with van der Waals surface area (Å²) in [5.74, 6) is 0.808. The first-order valence-electron chi connectivity index (χ1n) is 9.70. The molecule has 1 saturated carbocycles. The number of hydrogen-bond donors (Lipinski definition) is 2. The van der Waals surface area contributed by atoms with Crippen LogP contribution < -0.4 is 10.6 Å². The summed E-state index contributed by atoms with van der Waals surface area (Å²) in [6.07, 6.45) is 7.33. The molecule has 0 unspecified atom stereocenters.